The summed E-state index contributed by atoms with van der Waals surface area (Å²) in [5.74, 6) is -1.22. The van der Waals surface area contributed by atoms with E-state index in [9.17, 15) is 22.8 Å². The molecule has 1 atom stereocenters. The number of nitrogens with one attached hydrogen (secondary N) is 1. The number of ether oxygens (including phenoxy) is 1. The van der Waals surface area contributed by atoms with Gasteiger partial charge in [0.05, 0.1) is 12.7 Å². The van der Waals surface area contributed by atoms with Gasteiger partial charge in [-0.05, 0) is 23.6 Å². The molecular weight excluding hydrogens is 359 g/mol. The van der Waals surface area contributed by atoms with Crippen LogP contribution in [0.4, 0.5) is 13.2 Å². The molecule has 0 bridgehead atoms. The number of halogens is 3. The number of amides is 1. The summed E-state index contributed by atoms with van der Waals surface area (Å²) in [4.78, 5) is 24.1. The van der Waals surface area contributed by atoms with E-state index in [2.05, 4.69) is 10.1 Å². The summed E-state index contributed by atoms with van der Waals surface area (Å²) in [6.07, 6.45) is -4.29. The molecule has 4 nitrogen and oxygen atoms in total. The number of hydrogen-bond donors (Lipinski definition) is 1. The van der Waals surface area contributed by atoms with Gasteiger partial charge in [0.1, 0.15) is 6.04 Å². The molecular formula is C20H20F3NO3. The zero-order chi connectivity index (χ0) is 19.9. The predicted octanol–water partition coefficient (Wildman–Crippen LogP) is 3.54. The average Bonchev–Trinajstić information content (AvgIpc) is 2.65. The van der Waals surface area contributed by atoms with Crippen LogP contribution < -0.4 is 5.32 Å². The van der Waals surface area contributed by atoms with E-state index in [-0.39, 0.29) is 18.4 Å². The van der Waals surface area contributed by atoms with Crippen molar-refractivity contribution < 1.29 is 27.5 Å². The van der Waals surface area contributed by atoms with Gasteiger partial charge >= 0.3 is 12.1 Å². The second-order valence-corrected chi connectivity index (χ2v) is 5.99. The molecule has 0 fully saturated rings. The third-order valence-corrected chi connectivity index (χ3v) is 4.05. The van der Waals surface area contributed by atoms with Crippen molar-refractivity contribution in [3.8, 4) is 0 Å². The standard InChI is InChI=1S/C20H20F3NO3/c1-27-19(26)17(13-15-9-5-6-10-16(15)20(21,22)23)24-18(25)12-11-14-7-3-2-4-8-14/h2-10,17H,11-13H2,1H3,(H,24,25)/t17-/m0/s1. The molecule has 0 heterocycles. The maximum Gasteiger partial charge on any atom is 0.416 e. The molecule has 0 aliphatic carbocycles. The first kappa shape index (κ1) is 20.5. The van der Waals surface area contributed by atoms with Gasteiger partial charge in [-0.3, -0.25) is 4.79 Å². The number of aryl methyl sites for hydroxylation is 1. The van der Waals surface area contributed by atoms with E-state index < -0.39 is 29.7 Å². The first-order valence-corrected chi connectivity index (χ1v) is 8.37. The molecule has 2 aromatic rings. The highest BCUT2D eigenvalue weighted by Crippen LogP contribution is 2.32. The third kappa shape index (κ3) is 6.13. The number of carbonyl (C=O) groups is 2. The lowest BCUT2D eigenvalue weighted by Crippen LogP contribution is -2.43. The van der Waals surface area contributed by atoms with Crippen LogP contribution in [0.25, 0.3) is 0 Å². The molecule has 0 saturated carbocycles. The zero-order valence-electron chi connectivity index (χ0n) is 14.8. The lowest BCUT2D eigenvalue weighted by Gasteiger charge is -2.19. The van der Waals surface area contributed by atoms with Gasteiger partial charge in [-0.2, -0.15) is 13.2 Å². The van der Waals surface area contributed by atoms with E-state index in [1.54, 1.807) is 0 Å². The van der Waals surface area contributed by atoms with E-state index in [0.29, 0.717) is 6.42 Å². The van der Waals surface area contributed by atoms with Crippen LogP contribution in [0.15, 0.2) is 54.6 Å². The summed E-state index contributed by atoms with van der Waals surface area (Å²) < 4.78 is 44.1. The Morgan fingerprint density at radius 1 is 1.04 bits per heavy atom. The molecule has 1 N–H and O–H groups in total. The molecule has 2 aromatic carbocycles. The second-order valence-electron chi connectivity index (χ2n) is 5.99. The van der Waals surface area contributed by atoms with Crippen molar-refractivity contribution in [1.29, 1.82) is 0 Å². The van der Waals surface area contributed by atoms with Crippen molar-refractivity contribution in [2.45, 2.75) is 31.5 Å². The number of methoxy groups -OCH3 is 1. The summed E-state index contributed by atoms with van der Waals surface area (Å²) in [5.41, 5.74) is 0.0332. The Morgan fingerprint density at radius 2 is 1.67 bits per heavy atom. The highest BCUT2D eigenvalue weighted by molar-refractivity contribution is 5.84. The summed E-state index contributed by atoms with van der Waals surface area (Å²) in [6, 6.07) is 13.0. The first-order valence-electron chi connectivity index (χ1n) is 8.37. The number of hydrogen-bond acceptors (Lipinski definition) is 3. The van der Waals surface area contributed by atoms with Gasteiger partial charge in [0.15, 0.2) is 0 Å². The molecule has 0 aliphatic heterocycles. The molecule has 0 saturated heterocycles. The van der Waals surface area contributed by atoms with Crippen LogP contribution in [0.5, 0.6) is 0 Å². The SMILES string of the molecule is COC(=O)[C@H](Cc1ccccc1C(F)(F)F)NC(=O)CCc1ccccc1. The smallest absolute Gasteiger partial charge is 0.416 e. The van der Waals surface area contributed by atoms with E-state index in [1.165, 1.54) is 18.2 Å². The topological polar surface area (TPSA) is 55.4 Å². The van der Waals surface area contributed by atoms with Crippen molar-refractivity contribution in [2.75, 3.05) is 7.11 Å². The molecule has 27 heavy (non-hydrogen) atoms. The fourth-order valence-corrected chi connectivity index (χ4v) is 2.70. The maximum atomic E-state index is 13.1. The van der Waals surface area contributed by atoms with Crippen LogP contribution in [-0.2, 0) is 33.3 Å². The number of rotatable bonds is 7. The van der Waals surface area contributed by atoms with Gasteiger partial charge in [0.25, 0.3) is 0 Å². The van der Waals surface area contributed by atoms with Crippen LogP contribution in [0.2, 0.25) is 0 Å². The minimum absolute atomic E-state index is 0.0799. The van der Waals surface area contributed by atoms with Crippen molar-refractivity contribution in [3.05, 3.63) is 71.3 Å². The Kier molecular flexibility index (Phi) is 6.98. The van der Waals surface area contributed by atoms with E-state index in [0.717, 1.165) is 18.7 Å². The van der Waals surface area contributed by atoms with E-state index in [1.807, 2.05) is 30.3 Å². The first-order chi connectivity index (χ1) is 12.8. The van der Waals surface area contributed by atoms with Crippen LogP contribution >= 0.6 is 0 Å². The quantitative estimate of drug-likeness (QED) is 0.749. The van der Waals surface area contributed by atoms with Gasteiger partial charge in [-0.15, -0.1) is 0 Å². The zero-order valence-corrected chi connectivity index (χ0v) is 14.8. The third-order valence-electron chi connectivity index (χ3n) is 4.05. The molecule has 0 unspecified atom stereocenters. The Hall–Kier alpha value is -2.83. The summed E-state index contributed by atoms with van der Waals surface area (Å²) >= 11 is 0. The van der Waals surface area contributed by atoms with E-state index >= 15 is 0 Å². The van der Waals surface area contributed by atoms with Gasteiger partial charge < -0.3 is 10.1 Å². The molecule has 0 aliphatic rings. The van der Waals surface area contributed by atoms with Crippen LogP contribution in [-0.4, -0.2) is 25.0 Å². The largest absolute Gasteiger partial charge is 0.467 e. The van der Waals surface area contributed by atoms with Gasteiger partial charge in [0, 0.05) is 12.8 Å². The lowest BCUT2D eigenvalue weighted by atomic mass is 9.99. The summed E-state index contributed by atoms with van der Waals surface area (Å²) in [5, 5.41) is 2.48. The van der Waals surface area contributed by atoms with E-state index in [4.69, 9.17) is 0 Å². The highest BCUT2D eigenvalue weighted by atomic mass is 19.4. The number of carbonyl (C=O) groups excluding carboxylic acids is 2. The average molecular weight is 379 g/mol. The molecule has 144 valence electrons. The van der Waals surface area contributed by atoms with Crippen LogP contribution in [0.3, 0.4) is 0 Å². The van der Waals surface area contributed by atoms with Gasteiger partial charge in [-0.1, -0.05) is 48.5 Å². The molecule has 2 rings (SSSR count). The molecule has 0 aromatic heterocycles. The molecule has 0 radical (unpaired) electrons. The van der Waals surface area contributed by atoms with Crippen molar-refractivity contribution >= 4 is 11.9 Å². The Bertz CT molecular complexity index is 776. The Morgan fingerprint density at radius 3 is 2.30 bits per heavy atom. The van der Waals surface area contributed by atoms with Crippen LogP contribution in [0, 0.1) is 0 Å². The van der Waals surface area contributed by atoms with Crippen molar-refractivity contribution in [3.63, 3.8) is 0 Å². The fraction of sp³-hybridized carbons (Fsp3) is 0.300. The second kappa shape index (κ2) is 9.21. The molecule has 0 spiro atoms. The molecule has 1 amide bonds. The molecule has 7 heteroatoms. The Labute approximate surface area is 155 Å². The van der Waals surface area contributed by atoms with Crippen molar-refractivity contribution in [1.82, 2.24) is 5.32 Å². The highest BCUT2D eigenvalue weighted by Gasteiger charge is 2.34. The summed E-state index contributed by atoms with van der Waals surface area (Å²) in [7, 11) is 1.13. The lowest BCUT2D eigenvalue weighted by molar-refractivity contribution is -0.145. The van der Waals surface area contributed by atoms with Gasteiger partial charge in [0.2, 0.25) is 5.91 Å². The maximum absolute atomic E-state index is 13.1. The normalized spacial score (nSPS) is 12.3. The minimum Gasteiger partial charge on any atom is -0.467 e. The number of alkyl halides is 3. The fourth-order valence-electron chi connectivity index (χ4n) is 2.70. The van der Waals surface area contributed by atoms with Gasteiger partial charge in [-0.25, -0.2) is 4.79 Å². The Balaban J connectivity index is 2.08. The summed E-state index contributed by atoms with van der Waals surface area (Å²) in [6.45, 7) is 0. The van der Waals surface area contributed by atoms with Crippen molar-refractivity contribution in [2.24, 2.45) is 0 Å². The number of esters is 1. The monoisotopic (exact) mass is 379 g/mol. The predicted molar refractivity (Wildman–Crippen MR) is 93.9 cm³/mol. The number of benzene rings is 2. The van der Waals surface area contributed by atoms with Crippen LogP contribution in [0.1, 0.15) is 23.1 Å². The minimum atomic E-state index is -4.55.